The molecule has 2 aromatic carbocycles. The number of anilines is 1. The monoisotopic (exact) mass is 463 g/mol. The van der Waals surface area contributed by atoms with Gasteiger partial charge in [0, 0.05) is 24.2 Å². The quantitative estimate of drug-likeness (QED) is 0.208. The smallest absolute Gasteiger partial charge is 0.271 e. The van der Waals surface area contributed by atoms with Gasteiger partial charge >= 0.3 is 0 Å². The highest BCUT2D eigenvalue weighted by atomic mass is 32.1. The lowest BCUT2D eigenvalue weighted by atomic mass is 9.91. The van der Waals surface area contributed by atoms with Crippen molar-refractivity contribution < 1.29 is 9.72 Å². The minimum Gasteiger partial charge on any atom is -0.375 e. The number of hydrogen-bond donors (Lipinski definition) is 3. The summed E-state index contributed by atoms with van der Waals surface area (Å²) >= 11 is 4.79. The third-order valence-electron chi connectivity index (χ3n) is 4.55. The first-order chi connectivity index (χ1) is 15.8. The second-order valence-corrected chi connectivity index (χ2v) is 7.37. The van der Waals surface area contributed by atoms with Crippen LogP contribution in [-0.2, 0) is 11.2 Å². The van der Waals surface area contributed by atoms with Crippen molar-refractivity contribution in [1.29, 1.82) is 10.5 Å². The van der Waals surface area contributed by atoms with E-state index in [-0.39, 0.29) is 29.5 Å². The number of hydrogen-bond acceptors (Lipinski definition) is 7. The maximum Gasteiger partial charge on any atom is 0.271 e. The van der Waals surface area contributed by atoms with Crippen molar-refractivity contribution in [3.63, 3.8) is 0 Å². The molecule has 11 heteroatoms. The summed E-state index contributed by atoms with van der Waals surface area (Å²) in [6, 6.07) is 17.0. The highest BCUT2D eigenvalue weighted by molar-refractivity contribution is 7.80. The fourth-order valence-corrected chi connectivity index (χ4v) is 3.05. The SMILES string of the molecule is N#CCc1ccc(C(C#N)/C(CCCC(=O)Nc2cccc([N+](=O)[O-])c2)=N/NC(N)=S)cc1. The van der Waals surface area contributed by atoms with E-state index in [1.807, 2.05) is 0 Å². The van der Waals surface area contributed by atoms with Gasteiger partial charge in [0.2, 0.25) is 5.91 Å². The van der Waals surface area contributed by atoms with Crippen LogP contribution in [0, 0.1) is 32.8 Å². The molecule has 0 spiro atoms. The lowest BCUT2D eigenvalue weighted by Crippen LogP contribution is -2.27. The Bertz CT molecular complexity index is 1130. The molecule has 33 heavy (non-hydrogen) atoms. The van der Waals surface area contributed by atoms with Gasteiger partial charge < -0.3 is 11.1 Å². The Morgan fingerprint density at radius 1 is 1.21 bits per heavy atom. The van der Waals surface area contributed by atoms with Crippen molar-refractivity contribution in [3.8, 4) is 12.1 Å². The van der Waals surface area contributed by atoms with Crippen LogP contribution in [0.3, 0.4) is 0 Å². The summed E-state index contributed by atoms with van der Waals surface area (Å²) in [5.41, 5.74) is 10.1. The Morgan fingerprint density at radius 3 is 2.55 bits per heavy atom. The number of nitrogens with two attached hydrogens (primary N) is 1. The molecular weight excluding hydrogens is 442 g/mol. The summed E-state index contributed by atoms with van der Waals surface area (Å²) in [5.74, 6) is -1.03. The summed E-state index contributed by atoms with van der Waals surface area (Å²) in [5, 5.41) is 36.2. The van der Waals surface area contributed by atoms with Gasteiger partial charge in [0.1, 0.15) is 5.92 Å². The first-order valence-corrected chi connectivity index (χ1v) is 10.3. The number of carbonyl (C=O) groups excluding carboxylic acids is 1. The van der Waals surface area contributed by atoms with E-state index in [1.165, 1.54) is 18.2 Å². The summed E-state index contributed by atoms with van der Waals surface area (Å²) in [7, 11) is 0. The number of carbonyl (C=O) groups is 1. The van der Waals surface area contributed by atoms with Crippen molar-refractivity contribution >= 4 is 40.3 Å². The van der Waals surface area contributed by atoms with Crippen LogP contribution in [0.1, 0.15) is 36.3 Å². The molecule has 2 aromatic rings. The van der Waals surface area contributed by atoms with Crippen LogP contribution in [0.2, 0.25) is 0 Å². The standard InChI is InChI=1S/C22H21N7O3S/c23-12-11-15-7-9-16(10-8-15)19(14-24)20(27-28-22(25)33)5-2-6-21(30)26-17-3-1-4-18(13-17)29(31)32/h1,3-4,7-10,13,19H,2,5-6,11H2,(H,26,30)(H3,25,28,33)/b27-20+. The molecule has 0 aromatic heterocycles. The zero-order valence-electron chi connectivity index (χ0n) is 17.5. The third-order valence-corrected chi connectivity index (χ3v) is 4.64. The number of nitro benzene ring substituents is 1. The fourth-order valence-electron chi connectivity index (χ4n) is 3.00. The first-order valence-electron chi connectivity index (χ1n) is 9.85. The number of rotatable bonds is 10. The van der Waals surface area contributed by atoms with Crippen LogP contribution in [-0.4, -0.2) is 21.7 Å². The fraction of sp³-hybridized carbons (Fsp3) is 0.227. The van der Waals surface area contributed by atoms with Gasteiger partial charge in [-0.3, -0.25) is 20.3 Å². The predicted molar refractivity (Wildman–Crippen MR) is 127 cm³/mol. The van der Waals surface area contributed by atoms with Gasteiger partial charge in [0.15, 0.2) is 5.11 Å². The van der Waals surface area contributed by atoms with Gasteiger partial charge in [-0.15, -0.1) is 0 Å². The van der Waals surface area contributed by atoms with Gasteiger partial charge in [0.25, 0.3) is 5.69 Å². The van der Waals surface area contributed by atoms with E-state index in [9.17, 15) is 20.2 Å². The molecule has 2 rings (SSSR count). The summed E-state index contributed by atoms with van der Waals surface area (Å²) in [6.07, 6.45) is 1.04. The lowest BCUT2D eigenvalue weighted by molar-refractivity contribution is -0.384. The Hall–Kier alpha value is -4.35. The van der Waals surface area contributed by atoms with E-state index in [2.05, 4.69) is 28.0 Å². The van der Waals surface area contributed by atoms with Crippen LogP contribution >= 0.6 is 12.2 Å². The Labute approximate surface area is 195 Å². The van der Waals surface area contributed by atoms with Crippen LogP contribution in [0.15, 0.2) is 53.6 Å². The van der Waals surface area contributed by atoms with E-state index in [4.69, 9.17) is 23.2 Å². The van der Waals surface area contributed by atoms with Crippen LogP contribution in [0.4, 0.5) is 11.4 Å². The van der Waals surface area contributed by atoms with Gasteiger partial charge in [-0.05, 0) is 42.3 Å². The molecule has 0 fully saturated rings. The van der Waals surface area contributed by atoms with Gasteiger partial charge in [-0.25, -0.2) is 0 Å². The topological polar surface area (TPSA) is 170 Å². The maximum absolute atomic E-state index is 12.3. The van der Waals surface area contributed by atoms with Crippen molar-refractivity contribution in [3.05, 3.63) is 69.8 Å². The van der Waals surface area contributed by atoms with E-state index < -0.39 is 10.8 Å². The van der Waals surface area contributed by atoms with Crippen molar-refractivity contribution in [1.82, 2.24) is 5.43 Å². The summed E-state index contributed by atoms with van der Waals surface area (Å²) in [4.78, 5) is 22.6. The van der Waals surface area contributed by atoms with Crippen LogP contribution in [0.25, 0.3) is 0 Å². The number of nitriles is 2. The zero-order valence-corrected chi connectivity index (χ0v) is 18.3. The van der Waals surface area contributed by atoms with Crippen LogP contribution < -0.4 is 16.5 Å². The molecule has 1 atom stereocenters. The van der Waals surface area contributed by atoms with Crippen molar-refractivity contribution in [2.45, 2.75) is 31.6 Å². The first kappa shape index (κ1) is 24.9. The number of nitrogens with one attached hydrogen (secondary N) is 2. The predicted octanol–water partition coefficient (Wildman–Crippen LogP) is 3.27. The summed E-state index contributed by atoms with van der Waals surface area (Å²) < 4.78 is 0. The number of thiocarbonyl (C=S) groups is 1. The van der Waals surface area contributed by atoms with E-state index in [1.54, 1.807) is 30.3 Å². The molecule has 0 heterocycles. The Kier molecular flexibility index (Phi) is 9.43. The number of hydrazone groups is 1. The van der Waals surface area contributed by atoms with Gasteiger partial charge in [-0.1, -0.05) is 30.3 Å². The number of nitrogens with zero attached hydrogens (tertiary/aromatic N) is 4. The molecule has 0 bridgehead atoms. The molecule has 0 radical (unpaired) electrons. The molecule has 10 nitrogen and oxygen atoms in total. The molecular formula is C22H21N7O3S. The minimum atomic E-state index is -0.706. The van der Waals surface area contributed by atoms with Crippen molar-refractivity contribution in [2.75, 3.05) is 5.32 Å². The Balaban J connectivity index is 2.06. The molecule has 168 valence electrons. The molecule has 0 aliphatic heterocycles. The third kappa shape index (κ3) is 8.01. The lowest BCUT2D eigenvalue weighted by Gasteiger charge is -2.14. The van der Waals surface area contributed by atoms with Crippen LogP contribution in [0.5, 0.6) is 0 Å². The molecule has 0 aliphatic carbocycles. The zero-order chi connectivity index (χ0) is 24.2. The largest absolute Gasteiger partial charge is 0.375 e. The molecule has 0 aliphatic rings. The second-order valence-electron chi connectivity index (χ2n) is 6.93. The molecule has 0 saturated carbocycles. The van der Waals surface area contributed by atoms with Gasteiger partial charge in [0.05, 0.1) is 29.2 Å². The highest BCUT2D eigenvalue weighted by Gasteiger charge is 2.19. The average molecular weight is 464 g/mol. The minimum absolute atomic E-state index is 0.0584. The molecule has 0 saturated heterocycles. The average Bonchev–Trinajstić information content (AvgIpc) is 2.78. The maximum atomic E-state index is 12.3. The number of amides is 1. The van der Waals surface area contributed by atoms with E-state index in [0.717, 1.165) is 5.56 Å². The van der Waals surface area contributed by atoms with E-state index >= 15 is 0 Å². The number of non-ortho nitro benzene ring substituents is 1. The molecule has 4 N–H and O–H groups in total. The highest BCUT2D eigenvalue weighted by Crippen LogP contribution is 2.22. The molecule has 1 unspecified atom stereocenters. The number of benzene rings is 2. The van der Waals surface area contributed by atoms with Gasteiger partial charge in [-0.2, -0.15) is 15.6 Å². The van der Waals surface area contributed by atoms with Crippen molar-refractivity contribution in [2.24, 2.45) is 10.8 Å². The number of nitro groups is 1. The molecule has 1 amide bonds. The Morgan fingerprint density at radius 2 is 1.94 bits per heavy atom. The van der Waals surface area contributed by atoms with E-state index in [0.29, 0.717) is 29.8 Å². The summed E-state index contributed by atoms with van der Waals surface area (Å²) in [6.45, 7) is 0. The second kappa shape index (κ2) is 12.5. The normalized spacial score (nSPS) is 11.5.